The van der Waals surface area contributed by atoms with Gasteiger partial charge >= 0.3 is 12.0 Å². The van der Waals surface area contributed by atoms with Gasteiger partial charge in [-0.1, -0.05) is 6.92 Å². The maximum absolute atomic E-state index is 14.0. The molecule has 0 bridgehead atoms. The van der Waals surface area contributed by atoms with Gasteiger partial charge in [0.2, 0.25) is 0 Å². The number of ether oxygens (including phenoxy) is 2. The van der Waals surface area contributed by atoms with E-state index in [1.807, 2.05) is 26.8 Å². The average molecular weight is 410 g/mol. The lowest BCUT2D eigenvalue weighted by atomic mass is 10.00. The molecule has 8 heteroatoms. The first-order chi connectivity index (χ1) is 13.5. The van der Waals surface area contributed by atoms with Crippen molar-refractivity contribution >= 4 is 17.7 Å². The van der Waals surface area contributed by atoms with E-state index in [-0.39, 0.29) is 19.2 Å². The third kappa shape index (κ3) is 4.62. The Morgan fingerprint density at radius 3 is 2.31 bits per heavy atom. The monoisotopic (exact) mass is 410 g/mol. The summed E-state index contributed by atoms with van der Waals surface area (Å²) in [5.41, 5.74) is 1.72. The van der Waals surface area contributed by atoms with Crippen LogP contribution in [0.3, 0.4) is 0 Å². The second-order valence-corrected chi connectivity index (χ2v) is 8.42. The Hall–Kier alpha value is -2.38. The first-order valence-electron chi connectivity index (χ1n) is 9.98. The van der Waals surface area contributed by atoms with E-state index in [0.717, 1.165) is 16.0 Å². The van der Waals surface area contributed by atoms with Gasteiger partial charge in [-0.25, -0.2) is 4.79 Å². The van der Waals surface area contributed by atoms with Gasteiger partial charge in [0.1, 0.15) is 18.0 Å². The largest absolute Gasteiger partial charge is 0.490 e. The molecule has 2 aliphatic heterocycles. The molecule has 0 radical (unpaired) electrons. The predicted molar refractivity (Wildman–Crippen MR) is 105 cm³/mol. The van der Waals surface area contributed by atoms with Crippen LogP contribution in [0.25, 0.3) is 0 Å². The quantitative estimate of drug-likeness (QED) is 0.744. The van der Waals surface area contributed by atoms with Crippen LogP contribution >= 0.6 is 0 Å². The number of rotatable bonds is 2. The Morgan fingerprint density at radius 2 is 1.72 bits per heavy atom. The Balaban J connectivity index is 1.84. The number of hydrogen-bond donors (Lipinski definition) is 0. The summed E-state index contributed by atoms with van der Waals surface area (Å²) < 4.78 is 39.1. The molecular weight excluding hydrogens is 382 g/mol. The van der Waals surface area contributed by atoms with Gasteiger partial charge in [-0.2, -0.15) is 8.78 Å². The zero-order valence-corrected chi connectivity index (χ0v) is 17.4. The number of hydrogen-bond acceptors (Lipinski definition) is 4. The molecule has 1 aromatic carbocycles. The van der Waals surface area contributed by atoms with Crippen molar-refractivity contribution in [2.24, 2.45) is 0 Å². The zero-order valence-electron chi connectivity index (χ0n) is 17.4. The minimum absolute atomic E-state index is 0.0875. The Morgan fingerprint density at radius 1 is 1.10 bits per heavy atom. The molecule has 0 unspecified atom stereocenters. The second kappa shape index (κ2) is 7.80. The average Bonchev–Trinajstić information content (AvgIpc) is 2.86. The molecule has 0 atom stereocenters. The zero-order chi connectivity index (χ0) is 21.4. The number of carbonyl (C=O) groups excluding carboxylic acids is 2. The van der Waals surface area contributed by atoms with Crippen LogP contribution in [0, 0.1) is 0 Å². The number of carbonyl (C=O) groups is 2. The highest BCUT2D eigenvalue weighted by Gasteiger charge is 2.42. The SMILES string of the molecule is CCC(F)(F)C(=O)N1CCOc2cc3c(cc21)CCN(C(=O)OC(C)(C)C)CC3. The Labute approximate surface area is 169 Å². The molecule has 160 valence electrons. The smallest absolute Gasteiger partial charge is 0.410 e. The number of anilines is 1. The maximum atomic E-state index is 14.0. The highest BCUT2D eigenvalue weighted by atomic mass is 19.3. The van der Waals surface area contributed by atoms with Gasteiger partial charge in [0.25, 0.3) is 5.91 Å². The maximum Gasteiger partial charge on any atom is 0.410 e. The summed E-state index contributed by atoms with van der Waals surface area (Å²) in [6.45, 7) is 7.96. The predicted octanol–water partition coefficient (Wildman–Crippen LogP) is 3.79. The molecule has 2 heterocycles. The van der Waals surface area contributed by atoms with Crippen LogP contribution in [0.2, 0.25) is 0 Å². The molecule has 1 aromatic rings. The van der Waals surface area contributed by atoms with Crippen molar-refractivity contribution < 1.29 is 27.8 Å². The highest BCUT2D eigenvalue weighted by molar-refractivity contribution is 6.00. The molecule has 29 heavy (non-hydrogen) atoms. The Kier molecular flexibility index (Phi) is 5.74. The van der Waals surface area contributed by atoms with Gasteiger partial charge < -0.3 is 19.3 Å². The van der Waals surface area contributed by atoms with E-state index in [4.69, 9.17) is 9.47 Å². The normalized spacial score (nSPS) is 17.0. The minimum Gasteiger partial charge on any atom is -0.490 e. The van der Waals surface area contributed by atoms with Crippen LogP contribution in [0.5, 0.6) is 5.75 Å². The molecule has 6 nitrogen and oxygen atoms in total. The molecule has 0 aliphatic carbocycles. The van der Waals surface area contributed by atoms with Crippen LogP contribution < -0.4 is 9.64 Å². The molecule has 0 N–H and O–H groups in total. The molecule has 0 aromatic heterocycles. The molecule has 0 fully saturated rings. The van der Waals surface area contributed by atoms with Crippen molar-refractivity contribution in [3.8, 4) is 5.75 Å². The molecule has 2 amide bonds. The van der Waals surface area contributed by atoms with E-state index in [0.29, 0.717) is 37.4 Å². The van der Waals surface area contributed by atoms with Crippen LogP contribution in [-0.2, 0) is 22.4 Å². The van der Waals surface area contributed by atoms with E-state index in [2.05, 4.69) is 0 Å². The van der Waals surface area contributed by atoms with E-state index < -0.39 is 23.9 Å². The van der Waals surface area contributed by atoms with Crippen LogP contribution in [0.1, 0.15) is 45.2 Å². The summed E-state index contributed by atoms with van der Waals surface area (Å²) in [6.07, 6.45) is 0.234. The molecule has 2 aliphatic rings. The second-order valence-electron chi connectivity index (χ2n) is 8.42. The first kappa shape index (κ1) is 21.3. The lowest BCUT2D eigenvalue weighted by molar-refractivity contribution is -0.143. The van der Waals surface area contributed by atoms with Gasteiger partial charge in [-0.15, -0.1) is 0 Å². The van der Waals surface area contributed by atoms with Gasteiger partial charge in [-0.05, 0) is 56.9 Å². The summed E-state index contributed by atoms with van der Waals surface area (Å²) in [4.78, 5) is 27.6. The van der Waals surface area contributed by atoms with Crippen molar-refractivity contribution in [1.29, 1.82) is 0 Å². The fourth-order valence-corrected chi connectivity index (χ4v) is 3.50. The third-order valence-electron chi connectivity index (χ3n) is 5.10. The van der Waals surface area contributed by atoms with Crippen LogP contribution in [0.4, 0.5) is 19.3 Å². The highest BCUT2D eigenvalue weighted by Crippen LogP contribution is 2.38. The number of amides is 2. The third-order valence-corrected chi connectivity index (χ3v) is 5.10. The van der Waals surface area contributed by atoms with Crippen LogP contribution in [-0.4, -0.2) is 54.7 Å². The van der Waals surface area contributed by atoms with E-state index in [1.54, 1.807) is 11.0 Å². The lowest BCUT2D eigenvalue weighted by Gasteiger charge is -2.32. The first-order valence-corrected chi connectivity index (χ1v) is 9.98. The number of benzene rings is 1. The van der Waals surface area contributed by atoms with E-state index in [1.165, 1.54) is 6.92 Å². The van der Waals surface area contributed by atoms with Crippen molar-refractivity contribution in [3.63, 3.8) is 0 Å². The summed E-state index contributed by atoms with van der Waals surface area (Å²) in [5, 5.41) is 0. The van der Waals surface area contributed by atoms with Gasteiger partial charge in [0.05, 0.1) is 12.2 Å². The molecule has 0 saturated carbocycles. The van der Waals surface area contributed by atoms with Crippen molar-refractivity contribution in [1.82, 2.24) is 4.90 Å². The number of halogens is 2. The Bertz CT molecular complexity index is 805. The van der Waals surface area contributed by atoms with Gasteiger partial charge in [0, 0.05) is 19.5 Å². The van der Waals surface area contributed by atoms with Gasteiger partial charge in [0.15, 0.2) is 0 Å². The molecular formula is C21H28F2N2O4. The number of alkyl halides is 2. The lowest BCUT2D eigenvalue weighted by Crippen LogP contribution is -2.47. The molecule has 0 saturated heterocycles. The van der Waals surface area contributed by atoms with E-state index >= 15 is 0 Å². The molecule has 3 rings (SSSR count). The summed E-state index contributed by atoms with van der Waals surface area (Å²) in [7, 11) is 0. The fraction of sp³-hybridized carbons (Fsp3) is 0.619. The standard InChI is InChI=1S/C21H28F2N2O4/c1-5-21(22,23)18(26)25-10-11-28-17-13-15-7-9-24(19(27)29-20(2,3)4)8-6-14(15)12-16(17)25/h12-13H,5-11H2,1-4H3. The number of nitrogens with zero attached hydrogens (tertiary/aromatic N) is 2. The van der Waals surface area contributed by atoms with Gasteiger partial charge in [-0.3, -0.25) is 4.79 Å². The number of fused-ring (bicyclic) bond motifs is 2. The minimum atomic E-state index is -3.41. The fourth-order valence-electron chi connectivity index (χ4n) is 3.50. The summed E-state index contributed by atoms with van der Waals surface area (Å²) >= 11 is 0. The summed E-state index contributed by atoms with van der Waals surface area (Å²) in [5.74, 6) is -4.18. The van der Waals surface area contributed by atoms with E-state index in [9.17, 15) is 18.4 Å². The van der Waals surface area contributed by atoms with Crippen molar-refractivity contribution in [2.75, 3.05) is 31.1 Å². The van der Waals surface area contributed by atoms with Crippen molar-refractivity contribution in [3.05, 3.63) is 23.3 Å². The topological polar surface area (TPSA) is 59.1 Å². The molecule has 0 spiro atoms. The van der Waals surface area contributed by atoms with Crippen molar-refractivity contribution in [2.45, 2.75) is 58.5 Å². The summed E-state index contributed by atoms with van der Waals surface area (Å²) in [6, 6.07) is 3.57. The van der Waals surface area contributed by atoms with Crippen LogP contribution in [0.15, 0.2) is 12.1 Å².